The summed E-state index contributed by atoms with van der Waals surface area (Å²) in [6, 6.07) is 9.24. The largest absolute Gasteiger partial charge is 0.497 e. The van der Waals surface area contributed by atoms with Crippen molar-refractivity contribution >= 4 is 17.6 Å². The van der Waals surface area contributed by atoms with Crippen molar-refractivity contribution in [1.29, 1.82) is 0 Å². The van der Waals surface area contributed by atoms with Gasteiger partial charge in [-0.1, -0.05) is 26.0 Å². The van der Waals surface area contributed by atoms with Gasteiger partial charge in [0, 0.05) is 24.2 Å². The van der Waals surface area contributed by atoms with Crippen LogP contribution in [0.5, 0.6) is 23.0 Å². The average molecular weight is 591 g/mol. The molecule has 0 fully saturated rings. The maximum atomic E-state index is 15.2. The van der Waals surface area contributed by atoms with Gasteiger partial charge in [-0.05, 0) is 48.1 Å². The number of methoxy groups -OCH3 is 4. The van der Waals surface area contributed by atoms with Crippen molar-refractivity contribution < 1.29 is 46.5 Å². The van der Waals surface area contributed by atoms with E-state index in [-0.39, 0.29) is 54.3 Å². The molecule has 1 atom stereocenters. The Balaban J connectivity index is 1.80. The van der Waals surface area contributed by atoms with Gasteiger partial charge in [0.15, 0.2) is 17.3 Å². The van der Waals surface area contributed by atoms with E-state index in [9.17, 15) is 14.4 Å². The summed E-state index contributed by atoms with van der Waals surface area (Å²) in [5.41, 5.74) is -4.59. The van der Waals surface area contributed by atoms with Gasteiger partial charge in [0.05, 0.1) is 34.0 Å². The molecule has 4 rings (SSSR count). The molecule has 0 bridgehead atoms. The lowest BCUT2D eigenvalue weighted by molar-refractivity contribution is -0.190. The monoisotopic (exact) mass is 590 g/mol. The normalized spacial score (nSPS) is 19.9. The Kier molecular flexibility index (Phi) is 8.21. The van der Waals surface area contributed by atoms with Crippen LogP contribution in [0.4, 0.5) is 13.2 Å². The van der Waals surface area contributed by atoms with Gasteiger partial charge in [-0.2, -0.15) is 13.2 Å². The lowest BCUT2D eigenvalue weighted by Crippen LogP contribution is -2.66. The lowest BCUT2D eigenvalue weighted by atomic mass is 9.72. The second-order valence-electron chi connectivity index (χ2n) is 10.9. The summed E-state index contributed by atoms with van der Waals surface area (Å²) in [5, 5.41) is 1.94. The van der Waals surface area contributed by atoms with Crippen molar-refractivity contribution in [3.63, 3.8) is 0 Å². The number of nitrogens with one attached hydrogen (secondary N) is 1. The first-order valence-corrected chi connectivity index (χ1v) is 13.1. The number of carbonyl (C=O) groups excluding carboxylic acids is 3. The predicted octanol–water partition coefficient (Wildman–Crippen LogP) is 4.48. The van der Waals surface area contributed by atoms with Crippen molar-refractivity contribution in [2.24, 2.45) is 5.41 Å². The Bertz CT molecular complexity index is 1410. The fraction of sp³-hybridized carbons (Fsp3) is 0.433. The summed E-state index contributed by atoms with van der Waals surface area (Å²) in [4.78, 5) is 41.9. The highest BCUT2D eigenvalue weighted by Gasteiger charge is 2.71. The van der Waals surface area contributed by atoms with Crippen molar-refractivity contribution in [3.05, 3.63) is 58.8 Å². The van der Waals surface area contributed by atoms with Gasteiger partial charge in [0.1, 0.15) is 5.75 Å². The minimum Gasteiger partial charge on any atom is -0.497 e. The number of hydrogen-bond acceptors (Lipinski definition) is 7. The highest BCUT2D eigenvalue weighted by Crippen LogP contribution is 2.52. The van der Waals surface area contributed by atoms with Crippen LogP contribution in [-0.4, -0.2) is 69.2 Å². The van der Waals surface area contributed by atoms with Crippen LogP contribution in [0.2, 0.25) is 0 Å². The van der Waals surface area contributed by atoms with E-state index >= 15 is 13.2 Å². The van der Waals surface area contributed by atoms with Gasteiger partial charge in [-0.15, -0.1) is 0 Å². The summed E-state index contributed by atoms with van der Waals surface area (Å²) in [6.07, 6.45) is -5.31. The average Bonchev–Trinajstić information content (AvgIpc) is 3.17. The molecule has 2 aromatic rings. The Morgan fingerprint density at radius 3 is 2.02 bits per heavy atom. The molecule has 0 radical (unpaired) electrons. The van der Waals surface area contributed by atoms with Crippen molar-refractivity contribution in [2.45, 2.75) is 44.8 Å². The number of benzene rings is 2. The molecule has 1 N–H and O–H groups in total. The van der Waals surface area contributed by atoms with E-state index < -0.39 is 40.3 Å². The maximum absolute atomic E-state index is 15.2. The molecule has 1 aliphatic carbocycles. The topological polar surface area (TPSA) is 103 Å². The van der Waals surface area contributed by atoms with Crippen LogP contribution in [0, 0.1) is 5.41 Å². The SMILES string of the molecule is COc1ccc(CCN2C(=O)[C@](NC(=O)c3cc(OC)c(OC)c(OC)c3)(C(F)(F)F)C3=C2CC(C)(C)CC3=O)cc1. The molecule has 1 heterocycles. The molecule has 0 spiro atoms. The van der Waals surface area contributed by atoms with E-state index in [0.29, 0.717) is 5.75 Å². The molecule has 9 nitrogen and oxygen atoms in total. The number of rotatable bonds is 9. The van der Waals surface area contributed by atoms with Gasteiger partial charge >= 0.3 is 6.18 Å². The molecule has 2 amide bonds. The van der Waals surface area contributed by atoms with Crippen molar-refractivity contribution in [3.8, 4) is 23.0 Å². The number of alkyl halides is 3. The minimum absolute atomic E-state index is 0.0253. The number of carbonyl (C=O) groups is 3. The van der Waals surface area contributed by atoms with Crippen LogP contribution in [0.3, 0.4) is 0 Å². The summed E-state index contributed by atoms with van der Waals surface area (Å²) in [6.45, 7) is 3.37. The zero-order chi connectivity index (χ0) is 31.0. The van der Waals surface area contributed by atoms with Crippen LogP contribution in [-0.2, 0) is 16.0 Å². The third kappa shape index (κ3) is 5.25. The highest BCUT2D eigenvalue weighted by atomic mass is 19.4. The number of allylic oxidation sites excluding steroid dienone is 1. The molecule has 12 heteroatoms. The zero-order valence-corrected chi connectivity index (χ0v) is 24.2. The van der Waals surface area contributed by atoms with E-state index in [1.54, 1.807) is 38.1 Å². The van der Waals surface area contributed by atoms with E-state index in [1.165, 1.54) is 40.6 Å². The Morgan fingerprint density at radius 2 is 1.52 bits per heavy atom. The number of ketones is 1. The quantitative estimate of drug-likeness (QED) is 0.460. The third-order valence-electron chi connectivity index (χ3n) is 7.56. The summed E-state index contributed by atoms with van der Waals surface area (Å²) in [5.74, 6) is -2.75. The molecule has 0 saturated carbocycles. The molecular weight excluding hydrogens is 557 g/mol. The van der Waals surface area contributed by atoms with E-state index in [4.69, 9.17) is 18.9 Å². The zero-order valence-electron chi connectivity index (χ0n) is 24.2. The smallest absolute Gasteiger partial charge is 0.425 e. The number of hydrogen-bond donors (Lipinski definition) is 1. The van der Waals surface area contributed by atoms with E-state index in [0.717, 1.165) is 10.5 Å². The molecule has 2 aliphatic rings. The second-order valence-corrected chi connectivity index (χ2v) is 10.9. The predicted molar refractivity (Wildman–Crippen MR) is 146 cm³/mol. The number of Topliss-reactive ketones (excluding diaryl/α,β-unsaturated/α-hetero) is 1. The standard InChI is InChI=1S/C30H33F3N2O7/c1-28(2)15-20-24(21(36)16-28)29(30(31,32)33,27(38)35(20)12-11-17-7-9-19(39-3)10-8-17)34-26(37)18-13-22(40-4)25(42-6)23(14-18)41-5/h7-10,13-14H,11-12,15-16H2,1-6H3,(H,34,37)/t29-/m0/s1. The van der Waals surface area contributed by atoms with Crippen LogP contribution < -0.4 is 24.3 Å². The van der Waals surface area contributed by atoms with Crippen LogP contribution >= 0.6 is 0 Å². The van der Waals surface area contributed by atoms with Crippen molar-refractivity contribution in [2.75, 3.05) is 35.0 Å². The van der Waals surface area contributed by atoms with Gasteiger partial charge in [-0.3, -0.25) is 14.4 Å². The second kappa shape index (κ2) is 11.2. The highest BCUT2D eigenvalue weighted by molar-refractivity contribution is 6.14. The van der Waals surface area contributed by atoms with Gasteiger partial charge in [-0.25, -0.2) is 0 Å². The number of amides is 2. The van der Waals surface area contributed by atoms with Crippen LogP contribution in [0.25, 0.3) is 0 Å². The Labute approximate surface area is 241 Å². The Hall–Kier alpha value is -4.22. The molecule has 42 heavy (non-hydrogen) atoms. The first kappa shape index (κ1) is 30.7. The molecule has 1 aliphatic heterocycles. The van der Waals surface area contributed by atoms with Crippen LogP contribution in [0.1, 0.15) is 42.6 Å². The first-order chi connectivity index (χ1) is 19.7. The Morgan fingerprint density at radius 1 is 0.929 bits per heavy atom. The maximum Gasteiger partial charge on any atom is 0.425 e. The van der Waals surface area contributed by atoms with E-state index in [2.05, 4.69) is 0 Å². The minimum atomic E-state index is -5.34. The molecular formula is C30H33F3N2O7. The van der Waals surface area contributed by atoms with Gasteiger partial charge in [0.25, 0.3) is 11.8 Å². The van der Waals surface area contributed by atoms with Gasteiger partial charge in [0.2, 0.25) is 11.3 Å². The van der Waals surface area contributed by atoms with Crippen LogP contribution in [0.15, 0.2) is 47.7 Å². The first-order valence-electron chi connectivity index (χ1n) is 13.1. The number of halogens is 3. The summed E-state index contributed by atoms with van der Waals surface area (Å²) >= 11 is 0. The van der Waals surface area contributed by atoms with Crippen molar-refractivity contribution in [1.82, 2.24) is 10.2 Å². The molecule has 0 unspecified atom stereocenters. The summed E-state index contributed by atoms with van der Waals surface area (Å²) in [7, 11) is 5.42. The van der Waals surface area contributed by atoms with Gasteiger partial charge < -0.3 is 29.2 Å². The number of ether oxygens (including phenoxy) is 4. The van der Waals surface area contributed by atoms with E-state index in [1.807, 2.05) is 5.32 Å². The molecule has 226 valence electrons. The number of nitrogens with zero attached hydrogens (tertiary/aromatic N) is 1. The fourth-order valence-electron chi connectivity index (χ4n) is 5.55. The molecule has 2 aromatic carbocycles. The third-order valence-corrected chi connectivity index (χ3v) is 7.56. The fourth-order valence-corrected chi connectivity index (χ4v) is 5.55. The summed E-state index contributed by atoms with van der Waals surface area (Å²) < 4.78 is 66.4. The lowest BCUT2D eigenvalue weighted by Gasteiger charge is -2.35. The molecule has 0 saturated heterocycles. The molecule has 0 aromatic heterocycles.